The van der Waals surface area contributed by atoms with Gasteiger partial charge >= 0.3 is 0 Å². The molecule has 0 aliphatic heterocycles. The van der Waals surface area contributed by atoms with Crippen LogP contribution in [0.15, 0.2) is 18.2 Å². The Balaban J connectivity index is 2.70. The zero-order valence-electron chi connectivity index (χ0n) is 10.7. The molecule has 0 unspecified atom stereocenters. The third kappa shape index (κ3) is 5.23. The average molecular weight is 289 g/mol. The molecule has 106 valence electrons. The van der Waals surface area contributed by atoms with E-state index in [0.29, 0.717) is 24.2 Å². The van der Waals surface area contributed by atoms with Gasteiger partial charge in [0.1, 0.15) is 5.75 Å². The summed E-state index contributed by atoms with van der Waals surface area (Å²) < 4.78 is 31.0. The maximum absolute atomic E-state index is 10.9. The van der Waals surface area contributed by atoms with Crippen LogP contribution in [0.5, 0.6) is 5.75 Å². The number of methoxy groups -OCH3 is 1. The molecule has 0 saturated heterocycles. The summed E-state index contributed by atoms with van der Waals surface area (Å²) in [5.41, 5.74) is 0.474. The summed E-state index contributed by atoms with van der Waals surface area (Å²) in [5.74, 6) is 0.405. The molecule has 0 aliphatic carbocycles. The fourth-order valence-corrected chi connectivity index (χ4v) is 1.95. The molecule has 1 aromatic carbocycles. The molecule has 1 rings (SSSR count). The van der Waals surface area contributed by atoms with E-state index in [1.54, 1.807) is 12.1 Å². The Labute approximate surface area is 111 Å². The minimum absolute atomic E-state index is 0.00200. The van der Waals surface area contributed by atoms with Crippen molar-refractivity contribution in [3.63, 3.8) is 0 Å². The number of aryl methyl sites for hydroxylation is 1. The van der Waals surface area contributed by atoms with Gasteiger partial charge in [0.05, 0.1) is 31.0 Å². The van der Waals surface area contributed by atoms with Gasteiger partial charge in [-0.15, -0.1) is 0 Å². The zero-order chi connectivity index (χ0) is 14.5. The molecule has 1 aromatic rings. The summed E-state index contributed by atoms with van der Waals surface area (Å²) in [7, 11) is -2.04. The van der Waals surface area contributed by atoms with Crippen LogP contribution in [-0.4, -0.2) is 33.3 Å². The number of nitro benzene ring substituents is 1. The summed E-state index contributed by atoms with van der Waals surface area (Å²) in [6, 6.07) is 4.56. The Morgan fingerprint density at radius 2 is 2.05 bits per heavy atom. The topological polar surface area (TPSA) is 95.7 Å². The summed E-state index contributed by atoms with van der Waals surface area (Å²) in [6.07, 6.45) is 1.69. The molecule has 0 amide bonds. The maximum Gasteiger partial charge on any atom is 0.276 e. The van der Waals surface area contributed by atoms with Gasteiger partial charge in [-0.25, -0.2) is 0 Å². The van der Waals surface area contributed by atoms with Crippen LogP contribution in [0.1, 0.15) is 12.0 Å². The molecule has 0 radical (unpaired) electrons. The minimum atomic E-state index is -3.47. The van der Waals surface area contributed by atoms with Crippen molar-refractivity contribution in [1.82, 2.24) is 0 Å². The van der Waals surface area contributed by atoms with Gasteiger partial charge in [0, 0.05) is 5.56 Å². The van der Waals surface area contributed by atoms with Gasteiger partial charge in [-0.05, 0) is 25.0 Å². The first-order valence-electron chi connectivity index (χ1n) is 5.49. The van der Waals surface area contributed by atoms with Crippen molar-refractivity contribution < 1.29 is 22.3 Å². The van der Waals surface area contributed by atoms with Crippen molar-refractivity contribution in [3.05, 3.63) is 33.9 Å². The van der Waals surface area contributed by atoms with Gasteiger partial charge < -0.3 is 4.74 Å². The molecular formula is C11H15NO6S. The second-order valence-corrected chi connectivity index (χ2v) is 5.53. The lowest BCUT2D eigenvalue weighted by molar-refractivity contribution is -0.385. The van der Waals surface area contributed by atoms with Gasteiger partial charge in [-0.3, -0.25) is 14.3 Å². The highest BCUT2D eigenvalue weighted by molar-refractivity contribution is 7.85. The normalized spacial score (nSPS) is 11.3. The van der Waals surface area contributed by atoms with Crippen LogP contribution in [0.3, 0.4) is 0 Å². The second-order valence-electron chi connectivity index (χ2n) is 3.88. The van der Waals surface area contributed by atoms with E-state index < -0.39 is 15.0 Å². The average Bonchev–Trinajstić information content (AvgIpc) is 2.33. The lowest BCUT2D eigenvalue weighted by Crippen LogP contribution is -2.05. The largest absolute Gasteiger partial charge is 0.497 e. The highest BCUT2D eigenvalue weighted by Crippen LogP contribution is 2.25. The van der Waals surface area contributed by atoms with Gasteiger partial charge in [0.15, 0.2) is 0 Å². The molecule has 19 heavy (non-hydrogen) atoms. The first kappa shape index (κ1) is 15.4. The van der Waals surface area contributed by atoms with Crippen LogP contribution in [0.4, 0.5) is 5.69 Å². The van der Waals surface area contributed by atoms with E-state index >= 15 is 0 Å². The summed E-state index contributed by atoms with van der Waals surface area (Å²) in [5, 5.41) is 10.9. The highest BCUT2D eigenvalue weighted by atomic mass is 32.2. The van der Waals surface area contributed by atoms with Crippen LogP contribution in [0, 0.1) is 10.1 Å². The molecular weight excluding hydrogens is 274 g/mol. The number of nitrogens with zero attached hydrogens (tertiary/aromatic N) is 1. The SMILES string of the molecule is COc1ccc(CCCOS(C)(=O)=O)c([N+](=O)[O-])c1. The van der Waals surface area contributed by atoms with E-state index in [9.17, 15) is 18.5 Å². The van der Waals surface area contributed by atoms with Crippen LogP contribution >= 0.6 is 0 Å². The van der Waals surface area contributed by atoms with Crippen LogP contribution < -0.4 is 4.74 Å². The molecule has 0 aliphatic rings. The summed E-state index contributed by atoms with van der Waals surface area (Å²) in [4.78, 5) is 10.4. The van der Waals surface area contributed by atoms with E-state index in [2.05, 4.69) is 4.18 Å². The Morgan fingerprint density at radius 1 is 1.37 bits per heavy atom. The molecule has 0 heterocycles. The van der Waals surface area contributed by atoms with Crippen molar-refractivity contribution in [2.45, 2.75) is 12.8 Å². The van der Waals surface area contributed by atoms with Crippen molar-refractivity contribution >= 4 is 15.8 Å². The number of rotatable bonds is 7. The predicted octanol–water partition coefficient (Wildman–Crippen LogP) is 1.51. The molecule has 0 spiro atoms. The number of ether oxygens (including phenoxy) is 1. The van der Waals surface area contributed by atoms with Crippen molar-refractivity contribution in [3.8, 4) is 5.75 Å². The van der Waals surface area contributed by atoms with E-state index in [-0.39, 0.29) is 12.3 Å². The highest BCUT2D eigenvalue weighted by Gasteiger charge is 2.14. The summed E-state index contributed by atoms with van der Waals surface area (Å²) >= 11 is 0. The lowest BCUT2D eigenvalue weighted by Gasteiger charge is -2.05. The lowest BCUT2D eigenvalue weighted by atomic mass is 10.1. The third-order valence-electron chi connectivity index (χ3n) is 2.38. The first-order chi connectivity index (χ1) is 8.83. The van der Waals surface area contributed by atoms with Gasteiger partial charge in [-0.2, -0.15) is 8.42 Å². The molecule has 7 nitrogen and oxygen atoms in total. The number of nitro groups is 1. The van der Waals surface area contributed by atoms with Crippen molar-refractivity contribution in [1.29, 1.82) is 0 Å². The predicted molar refractivity (Wildman–Crippen MR) is 68.8 cm³/mol. The van der Waals surface area contributed by atoms with E-state index in [4.69, 9.17) is 4.74 Å². The van der Waals surface area contributed by atoms with Gasteiger partial charge in [-0.1, -0.05) is 0 Å². The first-order valence-corrected chi connectivity index (χ1v) is 7.31. The van der Waals surface area contributed by atoms with E-state index in [1.165, 1.54) is 13.2 Å². The van der Waals surface area contributed by atoms with Crippen LogP contribution in [0.2, 0.25) is 0 Å². The number of benzene rings is 1. The Bertz CT molecular complexity index is 554. The molecule has 0 saturated carbocycles. The molecule has 0 fully saturated rings. The van der Waals surface area contributed by atoms with Gasteiger partial charge in [0.25, 0.3) is 15.8 Å². The third-order valence-corrected chi connectivity index (χ3v) is 2.97. The molecule has 0 atom stereocenters. The van der Waals surface area contributed by atoms with E-state index in [1.807, 2.05) is 0 Å². The molecule has 0 bridgehead atoms. The Hall–Kier alpha value is -1.67. The quantitative estimate of drug-likeness (QED) is 0.327. The molecule has 0 N–H and O–H groups in total. The Kier molecular flexibility index (Phi) is 5.25. The number of hydrogen-bond acceptors (Lipinski definition) is 6. The van der Waals surface area contributed by atoms with Gasteiger partial charge in [0.2, 0.25) is 0 Å². The van der Waals surface area contributed by atoms with E-state index in [0.717, 1.165) is 6.26 Å². The smallest absolute Gasteiger partial charge is 0.276 e. The fourth-order valence-electron chi connectivity index (χ4n) is 1.52. The minimum Gasteiger partial charge on any atom is -0.497 e. The summed E-state index contributed by atoms with van der Waals surface area (Å²) in [6.45, 7) is 0.00200. The van der Waals surface area contributed by atoms with Crippen LogP contribution in [0.25, 0.3) is 0 Å². The van der Waals surface area contributed by atoms with Crippen LogP contribution in [-0.2, 0) is 20.7 Å². The standard InChI is InChI=1S/C11H15NO6S/c1-17-10-6-5-9(11(8-10)12(13)14)4-3-7-18-19(2,15)16/h5-6,8H,3-4,7H2,1-2H3. The number of hydrogen-bond donors (Lipinski definition) is 0. The fraction of sp³-hybridized carbons (Fsp3) is 0.455. The zero-order valence-corrected chi connectivity index (χ0v) is 11.5. The maximum atomic E-state index is 10.9. The van der Waals surface area contributed by atoms with Crippen molar-refractivity contribution in [2.24, 2.45) is 0 Å². The monoisotopic (exact) mass is 289 g/mol. The Morgan fingerprint density at radius 3 is 2.58 bits per heavy atom. The van der Waals surface area contributed by atoms with Crippen molar-refractivity contribution in [2.75, 3.05) is 20.0 Å². The second kappa shape index (κ2) is 6.48. The molecule has 0 aromatic heterocycles. The molecule has 8 heteroatoms.